The second-order valence-electron chi connectivity index (χ2n) is 6.47. The molecule has 0 saturated carbocycles. The third kappa shape index (κ3) is 6.53. The van der Waals surface area contributed by atoms with Crippen molar-refractivity contribution in [3.8, 4) is 0 Å². The van der Waals surface area contributed by atoms with E-state index in [4.69, 9.17) is 4.99 Å². The Labute approximate surface area is 184 Å². The van der Waals surface area contributed by atoms with E-state index in [1.54, 1.807) is 0 Å². The number of anilines is 1. The quantitative estimate of drug-likeness (QED) is 0.267. The third-order valence-electron chi connectivity index (χ3n) is 4.48. The summed E-state index contributed by atoms with van der Waals surface area (Å²) in [6.07, 6.45) is 5.49. The summed E-state index contributed by atoms with van der Waals surface area (Å²) in [6.45, 7) is 6.65. The van der Waals surface area contributed by atoms with Crippen LogP contribution >= 0.6 is 35.3 Å². The number of hydrogen-bond acceptors (Lipinski definition) is 3. The number of nitrogens with zero attached hydrogens (tertiary/aromatic N) is 3. The highest BCUT2D eigenvalue weighted by Gasteiger charge is 2.09. The van der Waals surface area contributed by atoms with E-state index in [2.05, 4.69) is 83.0 Å². The van der Waals surface area contributed by atoms with Crippen molar-refractivity contribution in [3.05, 3.63) is 64.4 Å². The zero-order chi connectivity index (χ0) is 18.2. The molecule has 1 aliphatic heterocycles. The smallest absolute Gasteiger partial charge is 0.193 e. The molecule has 0 fully saturated rings. The fourth-order valence-corrected chi connectivity index (χ4v) is 3.71. The first-order chi connectivity index (χ1) is 12.8. The molecule has 146 valence electrons. The van der Waals surface area contributed by atoms with E-state index in [1.165, 1.54) is 16.1 Å². The summed E-state index contributed by atoms with van der Waals surface area (Å²) in [7, 11) is 2.11. The van der Waals surface area contributed by atoms with Crippen LogP contribution in [0.25, 0.3) is 0 Å². The third-order valence-corrected chi connectivity index (χ3v) is 5.41. The standard InChI is InChI=1S/C21H28N4S.HI/c1-3-22-21(24(2)14-11-20-10-7-15-26-20)23-17-18-8-6-9-19(16-18)25-12-4-5-13-25;/h4-10,15-16H,3,11-14,17H2,1-2H3,(H,22,23);1H. The zero-order valence-corrected chi connectivity index (χ0v) is 19.2. The Bertz CT molecular complexity index is 734. The molecule has 4 nitrogen and oxygen atoms in total. The van der Waals surface area contributed by atoms with Gasteiger partial charge >= 0.3 is 0 Å². The van der Waals surface area contributed by atoms with Gasteiger partial charge in [0, 0.05) is 43.8 Å². The minimum atomic E-state index is 0. The van der Waals surface area contributed by atoms with E-state index in [0.717, 1.165) is 38.6 Å². The highest BCUT2D eigenvalue weighted by Crippen LogP contribution is 2.19. The van der Waals surface area contributed by atoms with E-state index < -0.39 is 0 Å². The molecule has 0 unspecified atom stereocenters. The van der Waals surface area contributed by atoms with Crippen molar-refractivity contribution < 1.29 is 0 Å². The Hall–Kier alpha value is -1.54. The normalized spacial score (nSPS) is 13.6. The molecule has 1 aromatic carbocycles. The van der Waals surface area contributed by atoms with Crippen LogP contribution in [0.3, 0.4) is 0 Å². The van der Waals surface area contributed by atoms with Gasteiger partial charge in [0.1, 0.15) is 0 Å². The minimum Gasteiger partial charge on any atom is -0.364 e. The van der Waals surface area contributed by atoms with Crippen molar-refractivity contribution in [2.24, 2.45) is 4.99 Å². The van der Waals surface area contributed by atoms with Crippen LogP contribution in [0.15, 0.2) is 58.9 Å². The molecule has 3 rings (SSSR count). The molecule has 0 radical (unpaired) electrons. The fraction of sp³-hybridized carbons (Fsp3) is 0.381. The highest BCUT2D eigenvalue weighted by atomic mass is 127. The lowest BCUT2D eigenvalue weighted by Gasteiger charge is -2.22. The maximum Gasteiger partial charge on any atom is 0.193 e. The summed E-state index contributed by atoms with van der Waals surface area (Å²) < 4.78 is 0. The number of likely N-dealkylation sites (N-methyl/N-ethyl adjacent to an activating group) is 1. The molecular formula is C21H29IN4S. The van der Waals surface area contributed by atoms with Crippen LogP contribution in [0.1, 0.15) is 17.4 Å². The predicted molar refractivity (Wildman–Crippen MR) is 129 cm³/mol. The number of halogens is 1. The lowest BCUT2D eigenvalue weighted by molar-refractivity contribution is 0.486. The zero-order valence-electron chi connectivity index (χ0n) is 16.1. The average Bonchev–Trinajstić information content (AvgIpc) is 3.37. The molecule has 2 heterocycles. The summed E-state index contributed by atoms with van der Waals surface area (Å²) in [5, 5.41) is 5.55. The van der Waals surface area contributed by atoms with Gasteiger partial charge in [-0.3, -0.25) is 0 Å². The number of nitrogens with one attached hydrogen (secondary N) is 1. The van der Waals surface area contributed by atoms with Crippen LogP contribution in [-0.2, 0) is 13.0 Å². The van der Waals surface area contributed by atoms with Gasteiger partial charge in [-0.15, -0.1) is 35.3 Å². The van der Waals surface area contributed by atoms with Crippen LogP contribution in [0.2, 0.25) is 0 Å². The maximum atomic E-state index is 4.85. The molecule has 0 atom stereocenters. The molecule has 0 amide bonds. The highest BCUT2D eigenvalue weighted by molar-refractivity contribution is 14.0. The Morgan fingerprint density at radius 3 is 2.74 bits per heavy atom. The number of guanidine groups is 1. The van der Waals surface area contributed by atoms with Gasteiger partial charge in [-0.1, -0.05) is 30.4 Å². The van der Waals surface area contributed by atoms with Gasteiger partial charge < -0.3 is 15.1 Å². The van der Waals surface area contributed by atoms with Crippen molar-refractivity contribution in [1.82, 2.24) is 10.2 Å². The largest absolute Gasteiger partial charge is 0.364 e. The maximum absolute atomic E-state index is 4.85. The molecule has 1 N–H and O–H groups in total. The van der Waals surface area contributed by atoms with Crippen LogP contribution < -0.4 is 10.2 Å². The Morgan fingerprint density at radius 2 is 2.04 bits per heavy atom. The minimum absolute atomic E-state index is 0. The molecule has 1 aromatic heterocycles. The van der Waals surface area contributed by atoms with Crippen molar-refractivity contribution in [2.75, 3.05) is 38.1 Å². The van der Waals surface area contributed by atoms with Gasteiger partial charge in [-0.05, 0) is 42.5 Å². The average molecular weight is 496 g/mol. The van der Waals surface area contributed by atoms with Crippen LogP contribution in [0.5, 0.6) is 0 Å². The van der Waals surface area contributed by atoms with E-state index >= 15 is 0 Å². The van der Waals surface area contributed by atoms with E-state index in [-0.39, 0.29) is 24.0 Å². The molecule has 27 heavy (non-hydrogen) atoms. The molecule has 0 saturated heterocycles. The van der Waals surface area contributed by atoms with Crippen molar-refractivity contribution >= 4 is 47.0 Å². The fourth-order valence-electron chi connectivity index (χ4n) is 3.01. The van der Waals surface area contributed by atoms with Gasteiger partial charge in [-0.2, -0.15) is 0 Å². The summed E-state index contributed by atoms with van der Waals surface area (Å²) in [4.78, 5) is 10.9. The first kappa shape index (κ1) is 21.8. The van der Waals surface area contributed by atoms with Crippen LogP contribution in [-0.4, -0.2) is 44.1 Å². The molecule has 2 aromatic rings. The van der Waals surface area contributed by atoms with Crippen molar-refractivity contribution in [2.45, 2.75) is 19.9 Å². The summed E-state index contributed by atoms with van der Waals surface area (Å²) in [5.74, 6) is 0.970. The first-order valence-corrected chi connectivity index (χ1v) is 10.1. The second-order valence-corrected chi connectivity index (χ2v) is 7.50. The van der Waals surface area contributed by atoms with Gasteiger partial charge in [0.05, 0.1) is 6.54 Å². The monoisotopic (exact) mass is 496 g/mol. The molecule has 0 bridgehead atoms. The Morgan fingerprint density at radius 1 is 1.22 bits per heavy atom. The number of thiophene rings is 1. The van der Waals surface area contributed by atoms with Crippen LogP contribution in [0.4, 0.5) is 5.69 Å². The second kappa shape index (κ2) is 11.3. The lowest BCUT2D eigenvalue weighted by atomic mass is 10.2. The summed E-state index contributed by atoms with van der Waals surface area (Å²) in [5.41, 5.74) is 2.52. The van der Waals surface area contributed by atoms with Gasteiger partial charge in [0.2, 0.25) is 0 Å². The predicted octanol–water partition coefficient (Wildman–Crippen LogP) is 4.38. The van der Waals surface area contributed by atoms with Gasteiger partial charge in [-0.25, -0.2) is 4.99 Å². The number of benzene rings is 1. The molecule has 1 aliphatic rings. The molecule has 6 heteroatoms. The van der Waals surface area contributed by atoms with E-state index in [0.29, 0.717) is 6.54 Å². The Kier molecular flexibility index (Phi) is 9.14. The summed E-state index contributed by atoms with van der Waals surface area (Å²) >= 11 is 1.82. The van der Waals surface area contributed by atoms with Crippen molar-refractivity contribution in [1.29, 1.82) is 0 Å². The van der Waals surface area contributed by atoms with E-state index in [9.17, 15) is 0 Å². The van der Waals surface area contributed by atoms with Crippen molar-refractivity contribution in [3.63, 3.8) is 0 Å². The number of aliphatic imine (C=N–C) groups is 1. The molecule has 0 spiro atoms. The van der Waals surface area contributed by atoms with Gasteiger partial charge in [0.15, 0.2) is 5.96 Å². The Balaban J connectivity index is 0.00000261. The molecule has 0 aliphatic carbocycles. The number of rotatable bonds is 7. The lowest BCUT2D eigenvalue weighted by Crippen LogP contribution is -2.39. The SMILES string of the molecule is CCNC(=NCc1cccc(N2CC=CC2)c1)N(C)CCc1cccs1.I. The topological polar surface area (TPSA) is 30.9 Å². The van der Waals surface area contributed by atoms with Crippen LogP contribution in [0, 0.1) is 0 Å². The molecular weight excluding hydrogens is 467 g/mol. The first-order valence-electron chi connectivity index (χ1n) is 9.27. The number of hydrogen-bond donors (Lipinski definition) is 1. The summed E-state index contributed by atoms with van der Waals surface area (Å²) in [6, 6.07) is 13.0. The van der Waals surface area contributed by atoms with E-state index in [1.807, 2.05) is 11.3 Å². The van der Waals surface area contributed by atoms with Gasteiger partial charge in [0.25, 0.3) is 0 Å².